The molecule has 1 fully saturated rings. The normalized spacial score (nSPS) is 22.1. The van der Waals surface area contributed by atoms with Gasteiger partial charge in [-0.2, -0.15) is 0 Å². The molecule has 1 aliphatic rings. The lowest BCUT2D eigenvalue weighted by atomic mass is 10.2. The second-order valence-electron chi connectivity index (χ2n) is 4.58. The molecular weight excluding hydrogens is 264 g/mol. The molecule has 1 aromatic heterocycles. The van der Waals surface area contributed by atoms with Gasteiger partial charge in [-0.25, -0.2) is 8.42 Å². The average molecular weight is 276 g/mol. The van der Waals surface area contributed by atoms with Crippen molar-refractivity contribution in [1.82, 2.24) is 0 Å². The van der Waals surface area contributed by atoms with Crippen LogP contribution >= 0.6 is 0 Å². The van der Waals surface area contributed by atoms with Crippen molar-refractivity contribution in [3.05, 3.63) is 54.5 Å². The van der Waals surface area contributed by atoms with Gasteiger partial charge in [-0.15, -0.1) is 0 Å². The van der Waals surface area contributed by atoms with E-state index >= 15 is 0 Å². The van der Waals surface area contributed by atoms with Gasteiger partial charge in [0.25, 0.3) is 0 Å². The minimum absolute atomic E-state index is 0.227. The van der Waals surface area contributed by atoms with E-state index in [9.17, 15) is 13.2 Å². The fourth-order valence-electron chi connectivity index (χ4n) is 2.18. The van der Waals surface area contributed by atoms with Crippen LogP contribution in [0.1, 0.15) is 17.0 Å². The van der Waals surface area contributed by atoms with Gasteiger partial charge in [0, 0.05) is 5.92 Å². The smallest absolute Gasteiger partial charge is 0.202 e. The number of sulfone groups is 1. The summed E-state index contributed by atoms with van der Waals surface area (Å²) in [5.74, 6) is -0.471. The molecule has 19 heavy (non-hydrogen) atoms. The second-order valence-corrected chi connectivity index (χ2v) is 6.75. The molecule has 0 unspecified atom stereocenters. The first-order valence-electron chi connectivity index (χ1n) is 5.97. The molecule has 0 spiro atoms. The minimum atomic E-state index is -3.41. The van der Waals surface area contributed by atoms with Crippen LogP contribution in [0, 0.1) is 5.92 Å². The highest BCUT2D eigenvalue weighted by molar-refractivity contribution is 7.92. The Kier molecular flexibility index (Phi) is 2.78. The van der Waals surface area contributed by atoms with E-state index in [1.807, 2.05) is 0 Å². The third kappa shape index (κ3) is 2.10. The molecule has 3 rings (SSSR count). The summed E-state index contributed by atoms with van der Waals surface area (Å²) in [7, 11) is -3.41. The predicted molar refractivity (Wildman–Crippen MR) is 68.6 cm³/mol. The van der Waals surface area contributed by atoms with Crippen molar-refractivity contribution in [2.45, 2.75) is 16.6 Å². The Labute approximate surface area is 111 Å². The molecule has 0 amide bonds. The summed E-state index contributed by atoms with van der Waals surface area (Å²) in [6.07, 6.45) is 1.78. The van der Waals surface area contributed by atoms with Crippen LogP contribution in [0.15, 0.2) is 58.0 Å². The van der Waals surface area contributed by atoms with Crippen LogP contribution in [0.2, 0.25) is 0 Å². The van der Waals surface area contributed by atoms with E-state index in [4.69, 9.17) is 4.42 Å². The van der Waals surface area contributed by atoms with Crippen molar-refractivity contribution < 1.29 is 17.6 Å². The predicted octanol–water partition coefficient (Wildman–Crippen LogP) is 2.32. The molecule has 98 valence electrons. The molecule has 0 N–H and O–H groups in total. The summed E-state index contributed by atoms with van der Waals surface area (Å²) < 4.78 is 29.6. The van der Waals surface area contributed by atoms with E-state index < -0.39 is 21.0 Å². The van der Waals surface area contributed by atoms with Crippen LogP contribution in [-0.4, -0.2) is 19.5 Å². The lowest BCUT2D eigenvalue weighted by molar-refractivity contribution is 0.0940. The Hall–Kier alpha value is -1.88. The molecule has 0 radical (unpaired) electrons. The first-order chi connectivity index (χ1) is 9.10. The van der Waals surface area contributed by atoms with Gasteiger partial charge in [0.1, 0.15) is 0 Å². The number of hydrogen-bond donors (Lipinski definition) is 0. The number of hydrogen-bond acceptors (Lipinski definition) is 4. The lowest BCUT2D eigenvalue weighted by Crippen LogP contribution is -2.13. The van der Waals surface area contributed by atoms with Gasteiger partial charge in [0.05, 0.1) is 16.4 Å². The quantitative estimate of drug-likeness (QED) is 0.804. The zero-order chi connectivity index (χ0) is 13.5. The first kappa shape index (κ1) is 12.2. The maximum Gasteiger partial charge on any atom is 0.202 e. The average Bonchev–Trinajstić information content (AvgIpc) is 3.06. The van der Waals surface area contributed by atoms with Gasteiger partial charge in [-0.3, -0.25) is 4.79 Å². The van der Waals surface area contributed by atoms with Crippen molar-refractivity contribution in [2.75, 3.05) is 0 Å². The number of rotatable bonds is 4. The van der Waals surface area contributed by atoms with E-state index in [2.05, 4.69) is 0 Å². The van der Waals surface area contributed by atoms with Gasteiger partial charge in [-0.05, 0) is 30.7 Å². The monoisotopic (exact) mass is 276 g/mol. The van der Waals surface area contributed by atoms with Gasteiger partial charge in [0.15, 0.2) is 15.6 Å². The van der Waals surface area contributed by atoms with Crippen LogP contribution in [-0.2, 0) is 9.84 Å². The number of carbonyl (C=O) groups is 1. The highest BCUT2D eigenvalue weighted by atomic mass is 32.2. The number of Topliss-reactive ketones (excluding diaryl/α,β-unsaturated/α-hetero) is 1. The van der Waals surface area contributed by atoms with Crippen LogP contribution in [0.3, 0.4) is 0 Å². The summed E-state index contributed by atoms with van der Waals surface area (Å²) in [6, 6.07) is 11.4. The van der Waals surface area contributed by atoms with E-state index in [0.29, 0.717) is 6.42 Å². The van der Waals surface area contributed by atoms with E-state index in [-0.39, 0.29) is 16.4 Å². The number of carbonyl (C=O) groups excluding carboxylic acids is 1. The summed E-state index contributed by atoms with van der Waals surface area (Å²) in [5.41, 5.74) is 0. The maximum absolute atomic E-state index is 12.3. The summed E-state index contributed by atoms with van der Waals surface area (Å²) in [6.45, 7) is 0. The molecule has 2 atom stereocenters. The topological polar surface area (TPSA) is 64.3 Å². The van der Waals surface area contributed by atoms with E-state index in [0.717, 1.165) is 0 Å². The standard InChI is InChI=1S/C14H12O4S/c15-14(12-7-4-8-18-12)11-9-13(11)19(16,17)10-5-2-1-3-6-10/h1-8,11,13H,9H2/t11-,13-/m0/s1. The van der Waals surface area contributed by atoms with Gasteiger partial charge < -0.3 is 4.42 Å². The molecule has 0 saturated heterocycles. The molecule has 2 aromatic rings. The van der Waals surface area contributed by atoms with Crippen molar-refractivity contribution in [3.63, 3.8) is 0 Å². The highest BCUT2D eigenvalue weighted by Gasteiger charge is 2.52. The molecule has 4 nitrogen and oxygen atoms in total. The number of furan rings is 1. The molecule has 0 aliphatic heterocycles. The Morgan fingerprint density at radius 3 is 2.47 bits per heavy atom. The fraction of sp³-hybridized carbons (Fsp3) is 0.214. The van der Waals surface area contributed by atoms with Crippen LogP contribution in [0.4, 0.5) is 0 Å². The summed E-state index contributed by atoms with van der Waals surface area (Å²) >= 11 is 0. The fourth-order valence-corrected chi connectivity index (χ4v) is 4.08. The van der Waals surface area contributed by atoms with Gasteiger partial charge in [-0.1, -0.05) is 18.2 Å². The molecule has 5 heteroatoms. The first-order valence-corrected chi connectivity index (χ1v) is 7.52. The molecule has 1 aliphatic carbocycles. The van der Waals surface area contributed by atoms with Crippen molar-refractivity contribution >= 4 is 15.6 Å². The van der Waals surface area contributed by atoms with Crippen LogP contribution in [0.5, 0.6) is 0 Å². The molecule has 0 bridgehead atoms. The van der Waals surface area contributed by atoms with Crippen LogP contribution in [0.25, 0.3) is 0 Å². The highest BCUT2D eigenvalue weighted by Crippen LogP contribution is 2.42. The Morgan fingerprint density at radius 1 is 1.11 bits per heavy atom. The van der Waals surface area contributed by atoms with E-state index in [1.165, 1.54) is 6.26 Å². The third-order valence-corrected chi connectivity index (χ3v) is 5.55. The zero-order valence-electron chi connectivity index (χ0n) is 10.0. The number of ketones is 1. The third-order valence-electron chi connectivity index (χ3n) is 3.30. The van der Waals surface area contributed by atoms with Crippen molar-refractivity contribution in [2.24, 2.45) is 5.92 Å². The largest absolute Gasteiger partial charge is 0.461 e. The minimum Gasteiger partial charge on any atom is -0.461 e. The second kappa shape index (κ2) is 4.35. The lowest BCUT2D eigenvalue weighted by Gasteiger charge is -2.02. The zero-order valence-corrected chi connectivity index (χ0v) is 10.8. The van der Waals surface area contributed by atoms with Gasteiger partial charge >= 0.3 is 0 Å². The molecule has 1 aromatic carbocycles. The molecule has 1 saturated carbocycles. The summed E-state index contributed by atoms with van der Waals surface area (Å²) in [4.78, 5) is 12.3. The maximum atomic E-state index is 12.3. The summed E-state index contributed by atoms with van der Waals surface area (Å²) in [5, 5.41) is -0.618. The SMILES string of the molecule is O=C(c1ccco1)[C@H]1C[C@@H]1S(=O)(=O)c1ccccc1. The Balaban J connectivity index is 1.82. The Morgan fingerprint density at radius 2 is 1.84 bits per heavy atom. The van der Waals surface area contributed by atoms with Gasteiger partial charge in [0.2, 0.25) is 5.78 Å². The molecule has 1 heterocycles. The van der Waals surface area contributed by atoms with Crippen LogP contribution < -0.4 is 0 Å². The number of benzene rings is 1. The molecular formula is C14H12O4S. The van der Waals surface area contributed by atoms with E-state index in [1.54, 1.807) is 42.5 Å². The Bertz CT molecular complexity index is 686. The van der Waals surface area contributed by atoms with Crippen molar-refractivity contribution in [1.29, 1.82) is 0 Å². The van der Waals surface area contributed by atoms with Crippen molar-refractivity contribution in [3.8, 4) is 0 Å².